The van der Waals surface area contributed by atoms with Gasteiger partial charge in [-0.2, -0.15) is 0 Å². The lowest BCUT2D eigenvalue weighted by molar-refractivity contribution is -0.235. The van der Waals surface area contributed by atoms with Crippen LogP contribution >= 0.6 is 27.3 Å². The molecule has 2 fully saturated rings. The molecule has 3 aromatic rings. The van der Waals surface area contributed by atoms with Crippen LogP contribution in [0.1, 0.15) is 34.4 Å². The van der Waals surface area contributed by atoms with Crippen LogP contribution in [0, 0.1) is 0 Å². The first-order valence-electron chi connectivity index (χ1n) is 14.1. The van der Waals surface area contributed by atoms with Gasteiger partial charge in [0.2, 0.25) is 5.91 Å². The molecular weight excluding hydrogens is 604 g/mol. The fraction of sp³-hybridized carbons (Fsp3) is 0.406. The first-order valence-corrected chi connectivity index (χ1v) is 15.8. The summed E-state index contributed by atoms with van der Waals surface area (Å²) in [4.78, 5) is 18.3. The predicted octanol–water partition coefficient (Wildman–Crippen LogP) is 4.12. The Kier molecular flexibility index (Phi) is 6.59. The van der Waals surface area contributed by atoms with Gasteiger partial charge < -0.3 is 25.0 Å². The summed E-state index contributed by atoms with van der Waals surface area (Å²) in [7, 11) is 1.76. The smallest absolute Gasteiger partial charge is 0.246 e. The average Bonchev–Trinajstić information content (AvgIpc) is 3.56. The van der Waals surface area contributed by atoms with Gasteiger partial charge in [0.1, 0.15) is 6.10 Å². The molecule has 9 heteroatoms. The number of benzene rings is 2. The number of aromatic hydroxyl groups is 1. The number of aliphatic hydroxyl groups excluding tert-OH is 1. The Balaban J connectivity index is 1.25. The number of hydrogen-bond acceptors (Lipinski definition) is 7. The van der Waals surface area contributed by atoms with Gasteiger partial charge in [-0.25, -0.2) is 0 Å². The third kappa shape index (κ3) is 3.97. The number of amides is 1. The zero-order valence-corrected chi connectivity index (χ0v) is 25.1. The molecule has 2 aliphatic heterocycles. The van der Waals surface area contributed by atoms with E-state index in [-0.39, 0.29) is 17.7 Å². The van der Waals surface area contributed by atoms with Gasteiger partial charge in [-0.05, 0) is 70.9 Å². The Morgan fingerprint density at radius 2 is 2.07 bits per heavy atom. The second-order valence-electron chi connectivity index (χ2n) is 11.8. The van der Waals surface area contributed by atoms with Crippen LogP contribution in [-0.4, -0.2) is 81.1 Å². The summed E-state index contributed by atoms with van der Waals surface area (Å²) in [5.74, 6) is 0.170. The molecule has 3 N–H and O–H groups in total. The third-order valence-corrected chi connectivity index (χ3v) is 11.6. The Morgan fingerprint density at radius 3 is 2.83 bits per heavy atom. The molecule has 2 aromatic carbocycles. The van der Waals surface area contributed by atoms with Crippen molar-refractivity contribution in [1.29, 1.82) is 0 Å². The van der Waals surface area contributed by atoms with Gasteiger partial charge in [-0.1, -0.05) is 36.4 Å². The fourth-order valence-electron chi connectivity index (χ4n) is 8.09. The summed E-state index contributed by atoms with van der Waals surface area (Å²) in [5, 5.41) is 37.7. The number of carbonyl (C=O) groups excluding carboxylic acids is 1. The lowest BCUT2D eigenvalue weighted by atomic mass is 9.47. The van der Waals surface area contributed by atoms with Gasteiger partial charge in [0.25, 0.3) is 0 Å². The molecule has 41 heavy (non-hydrogen) atoms. The fourth-order valence-corrected chi connectivity index (χ4v) is 9.43. The van der Waals surface area contributed by atoms with Crippen LogP contribution < -0.4 is 4.74 Å². The highest BCUT2D eigenvalue weighted by Crippen LogP contribution is 2.65. The highest BCUT2D eigenvalue weighted by molar-refractivity contribution is 9.10. The minimum atomic E-state index is -1.28. The molecular formula is C32H33BrN2O5S. The van der Waals surface area contributed by atoms with Gasteiger partial charge in [-0.3, -0.25) is 9.69 Å². The number of likely N-dealkylation sites (N-methyl/N-ethyl adjacent to an activating group) is 1. The number of nitrogens with zero attached hydrogens (tertiary/aromatic N) is 2. The summed E-state index contributed by atoms with van der Waals surface area (Å²) in [5.41, 5.74) is 0.490. The molecule has 214 valence electrons. The Morgan fingerprint density at radius 1 is 1.27 bits per heavy atom. The van der Waals surface area contributed by atoms with Crippen LogP contribution in [0.3, 0.4) is 0 Å². The Hall–Kier alpha value is -2.69. The molecule has 1 saturated carbocycles. The number of phenolic OH excluding ortho intramolecular Hbond substituents is 1. The van der Waals surface area contributed by atoms with E-state index in [2.05, 4.69) is 33.0 Å². The summed E-state index contributed by atoms with van der Waals surface area (Å²) in [6.07, 6.45) is 4.07. The van der Waals surface area contributed by atoms with Crippen molar-refractivity contribution in [3.8, 4) is 11.5 Å². The van der Waals surface area contributed by atoms with E-state index in [1.165, 1.54) is 5.56 Å². The molecule has 1 amide bonds. The second kappa shape index (κ2) is 9.95. The molecule has 6 atom stereocenters. The first-order chi connectivity index (χ1) is 19.7. The van der Waals surface area contributed by atoms with Crippen molar-refractivity contribution in [2.75, 3.05) is 20.1 Å². The van der Waals surface area contributed by atoms with Crippen molar-refractivity contribution in [1.82, 2.24) is 9.80 Å². The van der Waals surface area contributed by atoms with E-state index in [9.17, 15) is 20.1 Å². The van der Waals surface area contributed by atoms with Crippen LogP contribution in [-0.2, 0) is 23.1 Å². The number of aliphatic hydroxyl groups is 2. The van der Waals surface area contributed by atoms with Crippen molar-refractivity contribution < 1.29 is 24.9 Å². The largest absolute Gasteiger partial charge is 0.504 e. The van der Waals surface area contributed by atoms with Crippen LogP contribution in [0.25, 0.3) is 6.08 Å². The number of ether oxygens (including phenoxy) is 1. The van der Waals surface area contributed by atoms with E-state index in [0.717, 1.165) is 26.9 Å². The van der Waals surface area contributed by atoms with Crippen molar-refractivity contribution in [2.24, 2.45) is 0 Å². The highest BCUT2D eigenvalue weighted by Gasteiger charge is 2.76. The maximum atomic E-state index is 13.4. The number of likely N-dealkylation sites (tertiary alicyclic amines) is 1. The average molecular weight is 638 g/mol. The zero-order chi connectivity index (χ0) is 28.5. The quantitative estimate of drug-likeness (QED) is 0.353. The van der Waals surface area contributed by atoms with Gasteiger partial charge in [0, 0.05) is 52.5 Å². The predicted molar refractivity (Wildman–Crippen MR) is 161 cm³/mol. The minimum absolute atomic E-state index is 0.00271. The molecule has 7 nitrogen and oxygen atoms in total. The van der Waals surface area contributed by atoms with E-state index < -0.39 is 29.3 Å². The highest BCUT2D eigenvalue weighted by atomic mass is 79.9. The third-order valence-electron chi connectivity index (χ3n) is 9.91. The number of phenols is 1. The Bertz CT molecular complexity index is 1530. The van der Waals surface area contributed by atoms with Crippen molar-refractivity contribution >= 4 is 39.2 Å². The minimum Gasteiger partial charge on any atom is -0.504 e. The van der Waals surface area contributed by atoms with Crippen molar-refractivity contribution in [3.05, 3.63) is 86.0 Å². The monoisotopic (exact) mass is 636 g/mol. The molecule has 3 heterocycles. The number of β-amino-alcohol motifs (C(OH)–C–C–N with tert-alkyl or cyclic N) is 1. The molecule has 1 saturated heterocycles. The van der Waals surface area contributed by atoms with Gasteiger partial charge in [0.05, 0.1) is 23.2 Å². The number of hydrogen-bond donors (Lipinski definition) is 3. The van der Waals surface area contributed by atoms with E-state index in [0.29, 0.717) is 38.1 Å². The van der Waals surface area contributed by atoms with Gasteiger partial charge in [-0.15, -0.1) is 11.3 Å². The zero-order valence-electron chi connectivity index (χ0n) is 22.7. The number of thiophene rings is 1. The number of carbonyl (C=O) groups is 1. The van der Waals surface area contributed by atoms with Crippen LogP contribution in [0.15, 0.2) is 64.5 Å². The number of halogens is 1. The normalized spacial score (nSPS) is 31.6. The van der Waals surface area contributed by atoms with E-state index in [1.54, 1.807) is 41.5 Å². The molecule has 0 radical (unpaired) electrons. The summed E-state index contributed by atoms with van der Waals surface area (Å²) in [6.45, 7) is 1.09. The van der Waals surface area contributed by atoms with Crippen molar-refractivity contribution in [2.45, 2.75) is 61.0 Å². The van der Waals surface area contributed by atoms with E-state index in [1.807, 2.05) is 35.7 Å². The topological polar surface area (TPSA) is 93.5 Å². The lowest BCUT2D eigenvalue weighted by Crippen LogP contribution is -2.82. The Labute approximate surface area is 251 Å². The summed E-state index contributed by atoms with van der Waals surface area (Å²) >= 11 is 4.99. The van der Waals surface area contributed by atoms with Crippen LogP contribution in [0.5, 0.6) is 11.5 Å². The molecule has 2 bridgehead atoms. The summed E-state index contributed by atoms with van der Waals surface area (Å²) in [6, 6.07) is 15.2. The molecule has 1 aromatic heterocycles. The maximum absolute atomic E-state index is 13.4. The maximum Gasteiger partial charge on any atom is 0.246 e. The standard InChI is InChI=1S/C32H33BrN2O5S/c1-34(27(38)10-8-22-16-21(33)18-41-22)23-11-13-31(39)25-15-20-7-9-24(36)29-28(20)32(31,30(23)40-29)26(37)17-35(25)14-12-19-5-3-2-4-6-19/h2-10,16,18,23,25-26,30,36-37,39H,11-15,17H2,1H3/b10-8+/t23?,25-,26?,30?,31-,32+/m1/s1. The van der Waals surface area contributed by atoms with Crippen LogP contribution in [0.4, 0.5) is 0 Å². The summed E-state index contributed by atoms with van der Waals surface area (Å²) < 4.78 is 7.52. The van der Waals surface area contributed by atoms with E-state index >= 15 is 0 Å². The van der Waals surface area contributed by atoms with Crippen molar-refractivity contribution in [3.63, 3.8) is 0 Å². The second-order valence-corrected chi connectivity index (χ2v) is 13.7. The number of rotatable bonds is 6. The first kappa shape index (κ1) is 27.2. The van der Waals surface area contributed by atoms with E-state index in [4.69, 9.17) is 4.74 Å². The molecule has 4 aliphatic rings. The lowest BCUT2D eigenvalue weighted by Gasteiger charge is -2.66. The van der Waals surface area contributed by atoms with Gasteiger partial charge in [0.15, 0.2) is 11.5 Å². The number of piperidine rings is 1. The van der Waals surface area contributed by atoms with Crippen LogP contribution in [0.2, 0.25) is 0 Å². The molecule has 1 spiro atoms. The molecule has 7 rings (SSSR count). The van der Waals surface area contributed by atoms with Gasteiger partial charge >= 0.3 is 0 Å². The molecule has 2 aliphatic carbocycles. The molecule has 3 unspecified atom stereocenters. The SMILES string of the molecule is CN(C(=O)/C=C/c1cc(Br)cs1)C1CC[C@@]2(O)[C@H]3Cc4ccc(O)c5c4[C@@]2(C(O)CN3CCc2ccccc2)C1O5.